The van der Waals surface area contributed by atoms with E-state index in [1.165, 1.54) is 5.56 Å². The van der Waals surface area contributed by atoms with Crippen molar-refractivity contribution in [3.05, 3.63) is 65.9 Å². The molecule has 1 aromatic heterocycles. The molecule has 1 saturated heterocycles. The topological polar surface area (TPSA) is 71.4 Å². The van der Waals surface area contributed by atoms with Gasteiger partial charge in [-0.3, -0.25) is 4.79 Å². The number of carbonyl (C=O) groups excluding carboxylic acids is 1. The normalized spacial score (nSPS) is 16.2. The monoisotopic (exact) mass is 453 g/mol. The number of nitrogens with zero attached hydrogens (tertiary/aromatic N) is 2. The first-order valence-corrected chi connectivity index (χ1v) is 12.8. The largest absolute Gasteiger partial charge is 0.350 e. The van der Waals surface area contributed by atoms with E-state index in [-0.39, 0.29) is 11.9 Å². The van der Waals surface area contributed by atoms with Gasteiger partial charge in [0.15, 0.2) is 0 Å². The summed E-state index contributed by atoms with van der Waals surface area (Å²) in [5, 5.41) is 3.87. The second kappa shape index (κ2) is 9.46. The van der Waals surface area contributed by atoms with Gasteiger partial charge in [-0.2, -0.15) is 4.31 Å². The van der Waals surface area contributed by atoms with E-state index in [1.54, 1.807) is 16.4 Å². The fraction of sp³-hybridized carbons (Fsp3) is 0.400. The van der Waals surface area contributed by atoms with Crippen molar-refractivity contribution in [1.29, 1.82) is 0 Å². The molecule has 1 atom stereocenters. The van der Waals surface area contributed by atoms with E-state index in [1.807, 2.05) is 61.0 Å². The number of rotatable bonds is 7. The van der Waals surface area contributed by atoms with Crippen LogP contribution in [0.4, 0.5) is 0 Å². The van der Waals surface area contributed by atoms with Crippen molar-refractivity contribution < 1.29 is 13.2 Å². The van der Waals surface area contributed by atoms with E-state index < -0.39 is 10.0 Å². The molecule has 1 aliphatic heterocycles. The molecule has 3 aromatic rings. The number of hydrogen-bond acceptors (Lipinski definition) is 3. The third-order valence-electron chi connectivity index (χ3n) is 6.26. The average molecular weight is 454 g/mol. The third-order valence-corrected chi connectivity index (χ3v) is 8.15. The van der Waals surface area contributed by atoms with Crippen LogP contribution in [0.15, 0.2) is 59.6 Å². The number of aryl methyl sites for hydroxylation is 1. The molecule has 32 heavy (non-hydrogen) atoms. The van der Waals surface area contributed by atoms with Gasteiger partial charge in [0, 0.05) is 36.7 Å². The van der Waals surface area contributed by atoms with Crippen molar-refractivity contribution in [1.82, 2.24) is 14.2 Å². The fourth-order valence-corrected chi connectivity index (χ4v) is 5.90. The fourth-order valence-electron chi connectivity index (χ4n) is 4.35. The van der Waals surface area contributed by atoms with Crippen molar-refractivity contribution in [3.63, 3.8) is 0 Å². The summed E-state index contributed by atoms with van der Waals surface area (Å²) in [6, 6.07) is 14.9. The summed E-state index contributed by atoms with van der Waals surface area (Å²) in [7, 11) is -3.48. The predicted octanol–water partition coefficient (Wildman–Crippen LogP) is 4.39. The van der Waals surface area contributed by atoms with Crippen LogP contribution in [0.2, 0.25) is 0 Å². The molecule has 1 fully saturated rings. The molecular weight excluding hydrogens is 422 g/mol. The Labute approximate surface area is 190 Å². The Morgan fingerprint density at radius 1 is 1.03 bits per heavy atom. The number of carbonyl (C=O) groups is 1. The molecule has 0 spiro atoms. The summed E-state index contributed by atoms with van der Waals surface area (Å²) in [6.07, 6.45) is 5.42. The van der Waals surface area contributed by atoms with E-state index in [4.69, 9.17) is 0 Å². The first-order valence-electron chi connectivity index (χ1n) is 11.3. The number of sulfonamides is 1. The highest BCUT2D eigenvalue weighted by Crippen LogP contribution is 2.27. The number of piperidine rings is 1. The summed E-state index contributed by atoms with van der Waals surface area (Å²) in [5.41, 5.74) is 3.11. The van der Waals surface area contributed by atoms with Crippen LogP contribution in [0.3, 0.4) is 0 Å². The van der Waals surface area contributed by atoms with E-state index in [9.17, 15) is 13.2 Å². The highest BCUT2D eigenvalue weighted by atomic mass is 32.2. The molecule has 2 aromatic carbocycles. The molecule has 0 bridgehead atoms. The van der Waals surface area contributed by atoms with Crippen LogP contribution in [0.25, 0.3) is 10.9 Å². The Kier molecular flexibility index (Phi) is 6.67. The van der Waals surface area contributed by atoms with Crippen LogP contribution in [0.5, 0.6) is 0 Å². The van der Waals surface area contributed by atoms with Gasteiger partial charge in [-0.15, -0.1) is 0 Å². The minimum Gasteiger partial charge on any atom is -0.350 e. The zero-order valence-electron chi connectivity index (χ0n) is 18.8. The van der Waals surface area contributed by atoms with Gasteiger partial charge in [-0.25, -0.2) is 8.42 Å². The van der Waals surface area contributed by atoms with E-state index >= 15 is 0 Å². The molecule has 7 heteroatoms. The van der Waals surface area contributed by atoms with Crippen molar-refractivity contribution in [2.24, 2.45) is 0 Å². The Hall–Kier alpha value is -2.64. The lowest BCUT2D eigenvalue weighted by Crippen LogP contribution is -2.35. The predicted molar refractivity (Wildman–Crippen MR) is 127 cm³/mol. The molecule has 2 heterocycles. The van der Waals surface area contributed by atoms with Crippen LogP contribution in [-0.4, -0.2) is 36.3 Å². The molecule has 0 unspecified atom stereocenters. The molecule has 1 amide bonds. The zero-order chi connectivity index (χ0) is 22.7. The molecule has 0 aliphatic carbocycles. The van der Waals surface area contributed by atoms with Crippen LogP contribution >= 0.6 is 0 Å². The lowest BCUT2D eigenvalue weighted by molar-refractivity contribution is -0.124. The van der Waals surface area contributed by atoms with Gasteiger partial charge >= 0.3 is 0 Å². The van der Waals surface area contributed by atoms with E-state index in [2.05, 4.69) is 5.32 Å². The van der Waals surface area contributed by atoms with Gasteiger partial charge in [0.25, 0.3) is 0 Å². The maximum atomic E-state index is 13.0. The third kappa shape index (κ3) is 4.59. The summed E-state index contributed by atoms with van der Waals surface area (Å²) in [6.45, 7) is 5.67. The van der Waals surface area contributed by atoms with Gasteiger partial charge in [0.1, 0.15) is 6.04 Å². The Bertz CT molecular complexity index is 1190. The number of nitrogens with one attached hydrogen (secondary N) is 1. The van der Waals surface area contributed by atoms with Gasteiger partial charge in [-0.1, -0.05) is 43.2 Å². The van der Waals surface area contributed by atoms with Crippen LogP contribution in [0, 0.1) is 6.92 Å². The number of aromatic nitrogens is 1. The molecule has 1 aliphatic rings. The number of benzene rings is 2. The second-order valence-electron chi connectivity index (χ2n) is 8.54. The van der Waals surface area contributed by atoms with Crippen LogP contribution in [-0.2, 0) is 21.4 Å². The molecule has 1 N–H and O–H groups in total. The summed E-state index contributed by atoms with van der Waals surface area (Å²) in [4.78, 5) is 13.3. The molecule has 4 rings (SSSR count). The minimum atomic E-state index is -3.48. The van der Waals surface area contributed by atoms with Crippen molar-refractivity contribution in [2.75, 3.05) is 13.1 Å². The standard InChI is InChI=1S/C25H31N3O3S/c1-3-23(25(29)26-18-20-9-7-19(2)8-10-20)28-16-13-21-17-22(11-12-24(21)28)32(30,31)27-14-5-4-6-15-27/h7-13,16-17,23H,3-6,14-15,18H2,1-2H3,(H,26,29)/t23-/m1/s1. The summed E-state index contributed by atoms with van der Waals surface area (Å²) >= 11 is 0. The summed E-state index contributed by atoms with van der Waals surface area (Å²) < 4.78 is 29.6. The quantitative estimate of drug-likeness (QED) is 0.577. The zero-order valence-corrected chi connectivity index (χ0v) is 19.6. The maximum absolute atomic E-state index is 13.0. The average Bonchev–Trinajstić information content (AvgIpc) is 3.23. The molecule has 6 nitrogen and oxygen atoms in total. The van der Waals surface area contributed by atoms with Crippen molar-refractivity contribution in [3.8, 4) is 0 Å². The van der Waals surface area contributed by atoms with Crippen molar-refractivity contribution in [2.45, 2.75) is 57.0 Å². The van der Waals surface area contributed by atoms with E-state index in [0.717, 1.165) is 35.7 Å². The first-order chi connectivity index (χ1) is 15.4. The number of fused-ring (bicyclic) bond motifs is 1. The van der Waals surface area contributed by atoms with Gasteiger partial charge in [0.2, 0.25) is 15.9 Å². The van der Waals surface area contributed by atoms with Gasteiger partial charge < -0.3 is 9.88 Å². The van der Waals surface area contributed by atoms with Crippen molar-refractivity contribution >= 4 is 26.8 Å². The molecule has 0 saturated carbocycles. The molecule has 0 radical (unpaired) electrons. The highest BCUT2D eigenvalue weighted by Gasteiger charge is 2.27. The maximum Gasteiger partial charge on any atom is 0.243 e. The van der Waals surface area contributed by atoms with Gasteiger partial charge in [-0.05, 0) is 56.0 Å². The SMILES string of the molecule is CC[C@H](C(=O)NCc1ccc(C)cc1)n1ccc2cc(S(=O)(=O)N3CCCCC3)ccc21. The second-order valence-corrected chi connectivity index (χ2v) is 10.5. The van der Waals surface area contributed by atoms with Gasteiger partial charge in [0.05, 0.1) is 4.90 Å². The Morgan fingerprint density at radius 2 is 1.75 bits per heavy atom. The molecule has 170 valence electrons. The number of hydrogen-bond donors (Lipinski definition) is 1. The Morgan fingerprint density at radius 3 is 2.44 bits per heavy atom. The molecular formula is C25H31N3O3S. The first kappa shape index (κ1) is 22.6. The number of amides is 1. The smallest absolute Gasteiger partial charge is 0.243 e. The highest BCUT2D eigenvalue weighted by molar-refractivity contribution is 7.89. The van der Waals surface area contributed by atoms with Crippen LogP contribution in [0.1, 0.15) is 49.8 Å². The Balaban J connectivity index is 1.54. The van der Waals surface area contributed by atoms with E-state index in [0.29, 0.717) is 31.0 Å². The summed E-state index contributed by atoms with van der Waals surface area (Å²) in [5.74, 6) is -0.0458. The lowest BCUT2D eigenvalue weighted by atomic mass is 10.1. The van der Waals surface area contributed by atoms with Crippen LogP contribution < -0.4 is 5.32 Å². The minimum absolute atomic E-state index is 0.0458. The lowest BCUT2D eigenvalue weighted by Gasteiger charge is -2.26.